The number of nitrogens with two attached hydrogens (primary N) is 1. The van der Waals surface area contributed by atoms with Crippen molar-refractivity contribution in [3.8, 4) is 17.2 Å². The zero-order valence-electron chi connectivity index (χ0n) is 16.4. The van der Waals surface area contributed by atoms with Crippen LogP contribution in [0.5, 0.6) is 17.2 Å². The van der Waals surface area contributed by atoms with Crippen LogP contribution in [0.2, 0.25) is 0 Å². The molecule has 0 saturated heterocycles. The first-order valence-corrected chi connectivity index (χ1v) is 9.40. The van der Waals surface area contributed by atoms with Gasteiger partial charge >= 0.3 is 6.03 Å². The van der Waals surface area contributed by atoms with Gasteiger partial charge in [-0.05, 0) is 47.5 Å². The minimum absolute atomic E-state index is 0.381. The molecule has 0 aliphatic carbocycles. The van der Waals surface area contributed by atoms with Crippen LogP contribution in [0.4, 0.5) is 4.79 Å². The molecule has 0 atom stereocenters. The van der Waals surface area contributed by atoms with Gasteiger partial charge in [0.15, 0.2) is 0 Å². The van der Waals surface area contributed by atoms with Gasteiger partial charge in [0.05, 0.1) is 6.21 Å². The van der Waals surface area contributed by atoms with E-state index in [1.54, 1.807) is 6.07 Å². The smallest absolute Gasteiger partial charge is 0.332 e. The number of ether oxygens (including phenoxy) is 3. The summed E-state index contributed by atoms with van der Waals surface area (Å²) in [5.41, 5.74) is 8.99. The van der Waals surface area contributed by atoms with E-state index in [9.17, 15) is 4.79 Å². The zero-order chi connectivity index (χ0) is 21.0. The lowest BCUT2D eigenvalue weighted by Crippen LogP contribution is -2.24. The van der Waals surface area contributed by atoms with Gasteiger partial charge in [0.1, 0.15) is 37.1 Å². The molecule has 0 heterocycles. The number of amides is 2. The van der Waals surface area contributed by atoms with Crippen LogP contribution < -0.4 is 25.4 Å². The predicted molar refractivity (Wildman–Crippen MR) is 115 cm³/mol. The second kappa shape index (κ2) is 11.1. The summed E-state index contributed by atoms with van der Waals surface area (Å²) in [6.45, 7) is 1.30. The van der Waals surface area contributed by atoms with E-state index in [0.29, 0.717) is 25.6 Å². The molecule has 3 aromatic carbocycles. The van der Waals surface area contributed by atoms with E-state index in [1.165, 1.54) is 6.21 Å². The Morgan fingerprint density at radius 1 is 0.833 bits per heavy atom. The fraction of sp³-hybridized carbons (Fsp3) is 0.130. The average Bonchev–Trinajstić information content (AvgIpc) is 2.77. The van der Waals surface area contributed by atoms with E-state index in [-0.39, 0.29) is 0 Å². The molecule has 0 spiro atoms. The van der Waals surface area contributed by atoms with Crippen molar-refractivity contribution in [2.45, 2.75) is 6.61 Å². The van der Waals surface area contributed by atoms with Gasteiger partial charge < -0.3 is 19.9 Å². The van der Waals surface area contributed by atoms with Gasteiger partial charge in [0.25, 0.3) is 0 Å². The Balaban J connectivity index is 1.39. The molecule has 2 amide bonds. The second-order valence-corrected chi connectivity index (χ2v) is 6.25. The minimum Gasteiger partial charge on any atom is -0.490 e. The Hall–Kier alpha value is -4.00. The summed E-state index contributed by atoms with van der Waals surface area (Å²) >= 11 is 0. The highest BCUT2D eigenvalue weighted by Crippen LogP contribution is 2.19. The average molecular weight is 405 g/mol. The van der Waals surface area contributed by atoms with Crippen LogP contribution >= 0.6 is 0 Å². The lowest BCUT2D eigenvalue weighted by Gasteiger charge is -2.10. The van der Waals surface area contributed by atoms with Crippen molar-refractivity contribution >= 4 is 12.2 Å². The van der Waals surface area contributed by atoms with Crippen LogP contribution in [0.1, 0.15) is 11.1 Å². The molecule has 0 aliphatic rings. The molecule has 0 bridgehead atoms. The summed E-state index contributed by atoms with van der Waals surface area (Å²) in [5, 5.41) is 3.72. The number of carbonyl (C=O) groups excluding carboxylic acids is 1. The number of hydrazone groups is 1. The molecule has 3 N–H and O–H groups in total. The normalized spacial score (nSPS) is 10.5. The molecule has 0 aliphatic heterocycles. The Morgan fingerprint density at radius 2 is 1.50 bits per heavy atom. The summed E-state index contributed by atoms with van der Waals surface area (Å²) in [6.07, 6.45) is 1.48. The van der Waals surface area contributed by atoms with Crippen molar-refractivity contribution < 1.29 is 19.0 Å². The molecule has 0 aromatic heterocycles. The molecular weight excluding hydrogens is 382 g/mol. The predicted octanol–water partition coefficient (Wildman–Crippen LogP) is 3.73. The largest absolute Gasteiger partial charge is 0.490 e. The molecule has 30 heavy (non-hydrogen) atoms. The molecule has 3 rings (SSSR count). The Labute approximate surface area is 175 Å². The van der Waals surface area contributed by atoms with E-state index in [0.717, 1.165) is 22.6 Å². The first-order valence-electron chi connectivity index (χ1n) is 9.40. The maximum atomic E-state index is 10.6. The highest BCUT2D eigenvalue weighted by molar-refractivity contribution is 5.81. The number of primary amides is 1. The molecular formula is C23H23N3O4. The van der Waals surface area contributed by atoms with Crippen molar-refractivity contribution in [2.24, 2.45) is 10.8 Å². The number of carbonyl (C=O) groups is 1. The summed E-state index contributed by atoms with van der Waals surface area (Å²) in [7, 11) is 0. The highest BCUT2D eigenvalue weighted by Gasteiger charge is 2.00. The first-order chi connectivity index (χ1) is 14.7. The summed E-state index contributed by atoms with van der Waals surface area (Å²) in [5.74, 6) is 2.20. The third-order valence-corrected chi connectivity index (χ3v) is 3.94. The summed E-state index contributed by atoms with van der Waals surface area (Å²) in [6, 6.07) is 24.1. The second-order valence-electron chi connectivity index (χ2n) is 6.25. The van der Waals surface area contributed by atoms with Crippen LogP contribution in [0, 0.1) is 0 Å². The van der Waals surface area contributed by atoms with Crippen LogP contribution in [0.25, 0.3) is 0 Å². The Kier molecular flexibility index (Phi) is 7.68. The molecule has 0 unspecified atom stereocenters. The van der Waals surface area contributed by atoms with Crippen molar-refractivity contribution in [3.63, 3.8) is 0 Å². The molecule has 0 fully saturated rings. The lowest BCUT2D eigenvalue weighted by atomic mass is 10.2. The summed E-state index contributed by atoms with van der Waals surface area (Å²) < 4.78 is 17.1. The topological polar surface area (TPSA) is 95.2 Å². The number of hydrogen-bond acceptors (Lipinski definition) is 5. The van der Waals surface area contributed by atoms with Crippen molar-refractivity contribution in [2.75, 3.05) is 13.2 Å². The Bertz CT molecular complexity index is 960. The van der Waals surface area contributed by atoms with Gasteiger partial charge in [-0.1, -0.05) is 42.5 Å². The van der Waals surface area contributed by atoms with Crippen LogP contribution in [0.3, 0.4) is 0 Å². The van der Waals surface area contributed by atoms with Crippen LogP contribution in [-0.2, 0) is 6.61 Å². The van der Waals surface area contributed by atoms with E-state index >= 15 is 0 Å². The minimum atomic E-state index is -0.716. The zero-order valence-corrected chi connectivity index (χ0v) is 16.4. The third kappa shape index (κ3) is 7.20. The summed E-state index contributed by atoms with van der Waals surface area (Å²) in [4.78, 5) is 10.6. The number of rotatable bonds is 10. The quantitative estimate of drug-likeness (QED) is 0.305. The first kappa shape index (κ1) is 20.7. The van der Waals surface area contributed by atoms with Gasteiger partial charge in [-0.25, -0.2) is 10.2 Å². The van der Waals surface area contributed by atoms with Crippen LogP contribution in [0.15, 0.2) is 84.0 Å². The fourth-order valence-corrected chi connectivity index (χ4v) is 2.55. The van der Waals surface area contributed by atoms with Crippen molar-refractivity contribution in [1.29, 1.82) is 0 Å². The molecule has 7 heteroatoms. The van der Waals surface area contributed by atoms with E-state index in [4.69, 9.17) is 19.9 Å². The number of benzene rings is 3. The van der Waals surface area contributed by atoms with Gasteiger partial charge in [0.2, 0.25) is 0 Å². The SMILES string of the molecule is NC(=O)NN=Cc1cccc(OCCOc2ccc(OCc3ccccc3)cc2)c1. The maximum absolute atomic E-state index is 10.6. The molecule has 3 aromatic rings. The van der Waals surface area contributed by atoms with E-state index in [2.05, 4.69) is 10.5 Å². The molecule has 154 valence electrons. The molecule has 0 radical (unpaired) electrons. The van der Waals surface area contributed by atoms with E-state index < -0.39 is 6.03 Å². The number of nitrogens with zero attached hydrogens (tertiary/aromatic N) is 1. The Morgan fingerprint density at radius 3 is 2.20 bits per heavy atom. The van der Waals surface area contributed by atoms with Gasteiger partial charge in [-0.15, -0.1) is 0 Å². The van der Waals surface area contributed by atoms with Gasteiger partial charge in [-0.2, -0.15) is 5.10 Å². The standard InChI is InChI=1S/C23H23N3O4/c24-23(27)26-25-16-19-7-4-8-22(15-19)29-14-13-28-20-9-11-21(12-10-20)30-17-18-5-2-1-3-6-18/h1-12,15-16H,13-14,17H2,(H3,24,26,27). The highest BCUT2D eigenvalue weighted by atomic mass is 16.5. The third-order valence-electron chi connectivity index (χ3n) is 3.94. The lowest BCUT2D eigenvalue weighted by molar-refractivity contribution is 0.217. The number of hydrogen-bond donors (Lipinski definition) is 2. The maximum Gasteiger partial charge on any atom is 0.332 e. The number of urea groups is 1. The van der Waals surface area contributed by atoms with Gasteiger partial charge in [-0.3, -0.25) is 0 Å². The van der Waals surface area contributed by atoms with Crippen LogP contribution in [-0.4, -0.2) is 25.5 Å². The van der Waals surface area contributed by atoms with Gasteiger partial charge in [0, 0.05) is 0 Å². The number of nitrogens with one attached hydrogen (secondary N) is 1. The molecule has 0 saturated carbocycles. The molecule has 7 nitrogen and oxygen atoms in total. The van der Waals surface area contributed by atoms with E-state index in [1.807, 2.05) is 72.8 Å². The van der Waals surface area contributed by atoms with Crippen molar-refractivity contribution in [3.05, 3.63) is 90.0 Å². The monoisotopic (exact) mass is 405 g/mol. The fourth-order valence-electron chi connectivity index (χ4n) is 2.55. The van der Waals surface area contributed by atoms with Crippen molar-refractivity contribution in [1.82, 2.24) is 5.43 Å².